The van der Waals surface area contributed by atoms with Gasteiger partial charge in [-0.3, -0.25) is 0 Å². The number of carbonyl (C=O) groups is 2. The molecule has 0 aliphatic rings. The van der Waals surface area contributed by atoms with Crippen molar-refractivity contribution < 1.29 is 31.9 Å². The van der Waals surface area contributed by atoms with Gasteiger partial charge in [0.05, 0.1) is 4.90 Å². The van der Waals surface area contributed by atoms with Crippen molar-refractivity contribution in [3.05, 3.63) is 100 Å². The minimum Gasteiger partial charge on any atom is -0.476 e. The highest BCUT2D eigenvalue weighted by Crippen LogP contribution is 2.31. The Hall–Kier alpha value is -3.94. The molecule has 0 saturated heterocycles. The summed E-state index contributed by atoms with van der Waals surface area (Å²) in [7, 11) is -4.28. The summed E-state index contributed by atoms with van der Waals surface area (Å²) in [6.07, 6.45) is 1.03. The van der Waals surface area contributed by atoms with Gasteiger partial charge in [0.1, 0.15) is 10.9 Å². The zero-order valence-corrected chi connectivity index (χ0v) is 25.1. The molecule has 3 N–H and O–H groups in total. The monoisotopic (exact) mass is 648 g/mol. The van der Waals surface area contributed by atoms with Crippen molar-refractivity contribution in [1.82, 2.24) is 19.6 Å². The number of thioether (sulfide) groups is 1. The van der Waals surface area contributed by atoms with E-state index < -0.39 is 27.8 Å². The van der Waals surface area contributed by atoms with E-state index in [2.05, 4.69) is 10.3 Å². The van der Waals surface area contributed by atoms with E-state index in [0.717, 1.165) is 0 Å². The summed E-state index contributed by atoms with van der Waals surface area (Å²) in [5, 5.41) is 12.4. The molecule has 0 atom stereocenters. The maximum atomic E-state index is 13.2. The number of hydrogen-bond donors (Lipinski definition) is 3. The van der Waals surface area contributed by atoms with Crippen LogP contribution in [0.1, 0.15) is 40.8 Å². The van der Waals surface area contributed by atoms with Gasteiger partial charge in [0.25, 0.3) is 15.8 Å². The zero-order chi connectivity index (χ0) is 31.1. The van der Waals surface area contributed by atoms with E-state index in [1.165, 1.54) is 16.7 Å². The Bertz CT molecular complexity index is 1730. The molecule has 14 heteroatoms. The molecule has 0 spiro atoms. The Morgan fingerprint density at radius 2 is 1.72 bits per heavy atom. The van der Waals surface area contributed by atoms with Crippen LogP contribution in [0.3, 0.4) is 0 Å². The first-order chi connectivity index (χ1) is 20.5. The molecule has 43 heavy (non-hydrogen) atoms. The Labute approximate surface area is 256 Å². The number of rotatable bonds is 12. The van der Waals surface area contributed by atoms with Gasteiger partial charge in [0.2, 0.25) is 0 Å². The second kappa shape index (κ2) is 14.0. The fourth-order valence-corrected chi connectivity index (χ4v) is 6.37. The number of amides is 2. The lowest BCUT2D eigenvalue weighted by molar-refractivity contribution is 0.0681. The van der Waals surface area contributed by atoms with Crippen LogP contribution in [0.2, 0.25) is 5.02 Å². The average Bonchev–Trinajstić information content (AvgIpc) is 3.28. The number of halogens is 3. The van der Waals surface area contributed by atoms with Gasteiger partial charge in [-0.25, -0.2) is 27.7 Å². The minimum absolute atomic E-state index is 0.0208. The third kappa shape index (κ3) is 7.92. The average molecular weight is 649 g/mol. The lowest BCUT2D eigenvalue weighted by Crippen LogP contribution is -2.39. The first-order valence-corrected chi connectivity index (χ1v) is 15.7. The van der Waals surface area contributed by atoms with E-state index in [-0.39, 0.29) is 40.5 Å². The van der Waals surface area contributed by atoms with E-state index in [1.807, 2.05) is 11.6 Å². The Morgan fingerprint density at radius 1 is 1.05 bits per heavy atom. The molecule has 0 fully saturated rings. The zero-order valence-electron chi connectivity index (χ0n) is 22.8. The molecule has 0 aliphatic heterocycles. The number of carboxylic acids is 1. The number of urea groups is 1. The summed E-state index contributed by atoms with van der Waals surface area (Å²) < 4.78 is 56.0. The van der Waals surface area contributed by atoms with Crippen molar-refractivity contribution in [3.8, 4) is 11.1 Å². The van der Waals surface area contributed by atoms with Crippen molar-refractivity contribution in [2.24, 2.45) is 0 Å². The first-order valence-electron chi connectivity index (χ1n) is 13.0. The molecule has 0 bridgehead atoms. The number of alkyl halides is 2. The number of aromatic carboxylic acids is 1. The van der Waals surface area contributed by atoms with E-state index in [0.29, 0.717) is 45.9 Å². The van der Waals surface area contributed by atoms with Crippen molar-refractivity contribution in [2.45, 2.75) is 48.5 Å². The summed E-state index contributed by atoms with van der Waals surface area (Å²) in [6.45, 7) is 1.95. The van der Waals surface area contributed by atoms with E-state index in [4.69, 9.17) is 11.6 Å². The van der Waals surface area contributed by atoms with Gasteiger partial charge in [-0.05, 0) is 47.0 Å². The van der Waals surface area contributed by atoms with Gasteiger partial charge >= 0.3 is 12.0 Å². The molecule has 1 heterocycles. The normalized spacial score (nSPS) is 11.5. The van der Waals surface area contributed by atoms with Gasteiger partial charge in [-0.1, -0.05) is 79.2 Å². The topological polar surface area (TPSA) is 130 Å². The predicted octanol–water partition coefficient (Wildman–Crippen LogP) is 6.41. The quantitative estimate of drug-likeness (QED) is 0.151. The van der Waals surface area contributed by atoms with Gasteiger partial charge < -0.3 is 15.0 Å². The molecule has 4 rings (SSSR count). The molecular weight excluding hydrogens is 622 g/mol. The van der Waals surface area contributed by atoms with Crippen LogP contribution >= 0.6 is 23.4 Å². The number of nitrogens with zero attached hydrogens (tertiary/aromatic N) is 2. The second-order valence-electron chi connectivity index (χ2n) is 9.27. The van der Waals surface area contributed by atoms with Crippen molar-refractivity contribution in [1.29, 1.82) is 0 Å². The molecular formula is C29H27ClF2N4O5S2. The molecule has 226 valence electrons. The van der Waals surface area contributed by atoms with Crippen LogP contribution in [0.4, 0.5) is 13.6 Å². The molecule has 0 unspecified atom stereocenters. The number of benzene rings is 3. The Kier molecular flexibility index (Phi) is 10.4. The summed E-state index contributed by atoms with van der Waals surface area (Å²) in [5.74, 6) is -3.81. The van der Waals surface area contributed by atoms with Crippen molar-refractivity contribution in [2.75, 3.05) is 0 Å². The number of aryl methyl sites for hydroxylation is 1. The van der Waals surface area contributed by atoms with Gasteiger partial charge in [0, 0.05) is 30.1 Å². The van der Waals surface area contributed by atoms with Crippen LogP contribution in [0, 0.1) is 0 Å². The third-order valence-electron chi connectivity index (χ3n) is 6.30. The Morgan fingerprint density at radius 3 is 2.37 bits per heavy atom. The number of nitrogens with one attached hydrogen (secondary N) is 2. The highest BCUT2D eigenvalue weighted by atomic mass is 35.5. The molecule has 0 radical (unpaired) electrons. The second-order valence-corrected chi connectivity index (χ2v) is 12.3. The maximum absolute atomic E-state index is 13.2. The molecule has 9 nitrogen and oxygen atoms in total. The summed E-state index contributed by atoms with van der Waals surface area (Å²) in [4.78, 5) is 28.5. The summed E-state index contributed by atoms with van der Waals surface area (Å²) >= 11 is 6.19. The standard InChI is InChI=1S/C29H27ClF2N4O5S2/c1-2-7-24-34-26(42-28(31)32)25(27(37)38)36(24)17-18-12-14-19(15-13-18)21-9-4-6-11-23(21)43(40,41)35-29(39)33-16-20-8-3-5-10-22(20)30/h3-6,8-15,28H,2,7,16-17H2,1H3,(H,37,38)(H2,33,35,39). The molecule has 2 amide bonds. The summed E-state index contributed by atoms with van der Waals surface area (Å²) in [6, 6.07) is 18.8. The first kappa shape index (κ1) is 32.0. The summed E-state index contributed by atoms with van der Waals surface area (Å²) in [5.41, 5.74) is 1.80. The van der Waals surface area contributed by atoms with Crippen LogP contribution in [0.5, 0.6) is 0 Å². The molecule has 3 aromatic carbocycles. The lowest BCUT2D eigenvalue weighted by atomic mass is 10.0. The van der Waals surface area contributed by atoms with Crippen LogP contribution in [0.15, 0.2) is 82.7 Å². The minimum atomic E-state index is -4.28. The van der Waals surface area contributed by atoms with Crippen molar-refractivity contribution >= 4 is 45.4 Å². The number of aromatic nitrogens is 2. The van der Waals surface area contributed by atoms with E-state index in [9.17, 15) is 31.9 Å². The third-order valence-corrected chi connectivity index (χ3v) is 8.74. The van der Waals surface area contributed by atoms with E-state index in [1.54, 1.807) is 60.7 Å². The van der Waals surface area contributed by atoms with Gasteiger partial charge in [-0.2, -0.15) is 8.78 Å². The predicted molar refractivity (Wildman–Crippen MR) is 160 cm³/mol. The lowest BCUT2D eigenvalue weighted by Gasteiger charge is -2.14. The highest BCUT2D eigenvalue weighted by Gasteiger charge is 2.26. The largest absolute Gasteiger partial charge is 0.476 e. The molecule has 0 aliphatic carbocycles. The maximum Gasteiger partial charge on any atom is 0.355 e. The highest BCUT2D eigenvalue weighted by molar-refractivity contribution is 7.99. The Balaban J connectivity index is 1.56. The number of imidazole rings is 1. The number of hydrogen-bond acceptors (Lipinski definition) is 6. The van der Waals surface area contributed by atoms with Crippen LogP contribution in [-0.2, 0) is 29.5 Å². The van der Waals surface area contributed by atoms with Crippen LogP contribution in [0.25, 0.3) is 11.1 Å². The van der Waals surface area contributed by atoms with Crippen LogP contribution in [-0.4, -0.2) is 40.8 Å². The number of carbonyl (C=O) groups excluding carboxylic acids is 1. The number of sulfonamides is 1. The van der Waals surface area contributed by atoms with Crippen molar-refractivity contribution in [3.63, 3.8) is 0 Å². The van der Waals surface area contributed by atoms with Gasteiger partial charge in [-0.15, -0.1) is 0 Å². The fraction of sp³-hybridized carbons (Fsp3) is 0.207. The molecule has 0 saturated carbocycles. The van der Waals surface area contributed by atoms with E-state index >= 15 is 0 Å². The van der Waals surface area contributed by atoms with Crippen LogP contribution < -0.4 is 10.0 Å². The van der Waals surface area contributed by atoms with Gasteiger partial charge in [0.15, 0.2) is 5.69 Å². The smallest absolute Gasteiger partial charge is 0.355 e. The number of carboxylic acid groups (broad SMARTS) is 1. The molecule has 4 aromatic rings. The fourth-order valence-electron chi connectivity index (χ4n) is 4.38. The SMILES string of the molecule is CCCc1nc(SC(F)F)c(C(=O)O)n1Cc1ccc(-c2ccccc2S(=O)(=O)NC(=O)NCc2ccccc2Cl)cc1. The molecule has 1 aromatic heterocycles.